The average molecular weight is 369 g/mol. The van der Waals surface area contributed by atoms with Crippen LogP contribution in [0.5, 0.6) is 0 Å². The zero-order chi connectivity index (χ0) is 18.4. The van der Waals surface area contributed by atoms with Crippen LogP contribution in [0.15, 0.2) is 47.7 Å². The van der Waals surface area contributed by atoms with Gasteiger partial charge in [0.1, 0.15) is 5.56 Å². The second-order valence-electron chi connectivity index (χ2n) is 5.72. The fourth-order valence-electron chi connectivity index (χ4n) is 2.92. The van der Waals surface area contributed by atoms with Crippen LogP contribution in [0.25, 0.3) is 22.2 Å². The molecule has 3 aromatic heterocycles. The second kappa shape index (κ2) is 5.96. The Morgan fingerprint density at radius 3 is 2.81 bits per heavy atom. The molecule has 0 radical (unpaired) electrons. The normalized spacial score (nSPS) is 11.2. The quantitative estimate of drug-likeness (QED) is 0.508. The van der Waals surface area contributed by atoms with Crippen LogP contribution in [0.4, 0.5) is 0 Å². The van der Waals surface area contributed by atoms with Gasteiger partial charge >= 0.3 is 5.97 Å². The second-order valence-corrected chi connectivity index (χ2v) is 6.12. The van der Waals surface area contributed by atoms with Crippen molar-refractivity contribution >= 4 is 34.1 Å². The van der Waals surface area contributed by atoms with Gasteiger partial charge in [-0.2, -0.15) is 5.10 Å². The maximum absolute atomic E-state index is 13.0. The van der Waals surface area contributed by atoms with Crippen LogP contribution in [-0.2, 0) is 4.74 Å². The summed E-state index contributed by atoms with van der Waals surface area (Å²) in [6, 6.07) is 7.14. The number of aromatic nitrogens is 4. The van der Waals surface area contributed by atoms with Crippen LogP contribution in [0.1, 0.15) is 15.9 Å². The molecule has 0 aliphatic carbocycles. The maximum Gasteiger partial charge on any atom is 0.343 e. The number of fused-ring (bicyclic) bond motifs is 3. The number of pyridine rings is 1. The number of carbonyl (C=O) groups excluding carboxylic acids is 1. The van der Waals surface area contributed by atoms with Crippen LogP contribution < -0.4 is 5.56 Å². The van der Waals surface area contributed by atoms with Crippen molar-refractivity contribution < 1.29 is 9.53 Å². The first-order chi connectivity index (χ1) is 12.5. The van der Waals surface area contributed by atoms with Crippen LogP contribution in [0.2, 0.25) is 5.02 Å². The Kier molecular flexibility index (Phi) is 3.73. The van der Waals surface area contributed by atoms with Gasteiger partial charge in [-0.3, -0.25) is 9.36 Å². The molecule has 0 aliphatic rings. The molecular formula is C18H13ClN4O3. The van der Waals surface area contributed by atoms with E-state index in [1.807, 2.05) is 13.0 Å². The smallest absolute Gasteiger partial charge is 0.343 e. The van der Waals surface area contributed by atoms with E-state index in [4.69, 9.17) is 16.3 Å². The Bertz CT molecular complexity index is 1240. The first-order valence-electron chi connectivity index (χ1n) is 7.75. The van der Waals surface area contributed by atoms with Gasteiger partial charge in [-0.25, -0.2) is 14.3 Å². The summed E-state index contributed by atoms with van der Waals surface area (Å²) in [6.45, 7) is 1.85. The minimum atomic E-state index is -0.533. The van der Waals surface area contributed by atoms with Crippen LogP contribution >= 0.6 is 11.6 Å². The summed E-state index contributed by atoms with van der Waals surface area (Å²) < 4.78 is 7.70. The standard InChI is InChI=1S/C18H13ClN4O3/c1-10-13(19)4-3-5-14(10)22-7-6-15-11(17(22)24)8-20-16-12(18(25)26-2)9-21-23(15)16/h3-9H,1-2H3. The predicted molar refractivity (Wildman–Crippen MR) is 97.2 cm³/mol. The lowest BCUT2D eigenvalue weighted by molar-refractivity contribution is 0.0602. The van der Waals surface area contributed by atoms with Crippen molar-refractivity contribution in [3.8, 4) is 5.69 Å². The molecule has 0 saturated heterocycles. The Balaban J connectivity index is 2.00. The van der Waals surface area contributed by atoms with Crippen LogP contribution in [0, 0.1) is 6.92 Å². The van der Waals surface area contributed by atoms with Crippen LogP contribution in [0.3, 0.4) is 0 Å². The van der Waals surface area contributed by atoms with E-state index in [-0.39, 0.29) is 11.1 Å². The van der Waals surface area contributed by atoms with E-state index < -0.39 is 5.97 Å². The summed E-state index contributed by atoms with van der Waals surface area (Å²) in [5.41, 5.74) is 2.37. The van der Waals surface area contributed by atoms with E-state index in [1.54, 1.807) is 24.4 Å². The number of hydrogen-bond donors (Lipinski definition) is 0. The number of nitrogens with zero attached hydrogens (tertiary/aromatic N) is 4. The number of benzene rings is 1. The largest absolute Gasteiger partial charge is 0.465 e. The lowest BCUT2D eigenvalue weighted by atomic mass is 10.2. The minimum absolute atomic E-state index is 0.240. The number of hydrogen-bond acceptors (Lipinski definition) is 5. The van der Waals surface area contributed by atoms with Crippen molar-refractivity contribution in [3.05, 3.63) is 69.4 Å². The molecule has 0 bridgehead atoms. The van der Waals surface area contributed by atoms with E-state index in [9.17, 15) is 9.59 Å². The van der Waals surface area contributed by atoms with Crippen molar-refractivity contribution in [2.24, 2.45) is 0 Å². The molecule has 0 aliphatic heterocycles. The van der Waals surface area contributed by atoms with Gasteiger partial charge in [0.15, 0.2) is 5.65 Å². The summed E-state index contributed by atoms with van der Waals surface area (Å²) in [7, 11) is 1.29. The molecule has 0 N–H and O–H groups in total. The first-order valence-corrected chi connectivity index (χ1v) is 8.12. The molecule has 0 fully saturated rings. The van der Waals surface area contributed by atoms with E-state index in [1.165, 1.54) is 28.6 Å². The SMILES string of the molecule is COC(=O)c1cnn2c1ncc1c(=O)n(-c3cccc(Cl)c3C)ccc12. The predicted octanol–water partition coefficient (Wildman–Crippen LogP) is 2.78. The molecule has 0 unspecified atom stereocenters. The maximum atomic E-state index is 13.0. The van der Waals surface area contributed by atoms with Crippen molar-refractivity contribution in [1.29, 1.82) is 0 Å². The van der Waals surface area contributed by atoms with Crippen molar-refractivity contribution in [2.75, 3.05) is 7.11 Å². The van der Waals surface area contributed by atoms with Crippen molar-refractivity contribution in [2.45, 2.75) is 6.92 Å². The number of carbonyl (C=O) groups is 1. The highest BCUT2D eigenvalue weighted by atomic mass is 35.5. The summed E-state index contributed by atoms with van der Waals surface area (Å²) in [6.07, 6.45) is 4.47. The number of methoxy groups -OCH3 is 1. The Labute approximate surface area is 152 Å². The summed E-state index contributed by atoms with van der Waals surface area (Å²) in [5, 5.41) is 5.13. The summed E-state index contributed by atoms with van der Waals surface area (Å²) in [5.74, 6) is -0.533. The highest BCUT2D eigenvalue weighted by molar-refractivity contribution is 6.31. The topological polar surface area (TPSA) is 78.5 Å². The first kappa shape index (κ1) is 16.3. The van der Waals surface area contributed by atoms with E-state index >= 15 is 0 Å². The van der Waals surface area contributed by atoms with E-state index in [0.29, 0.717) is 27.3 Å². The van der Waals surface area contributed by atoms with Gasteiger partial charge in [-0.1, -0.05) is 17.7 Å². The minimum Gasteiger partial charge on any atom is -0.465 e. The lowest BCUT2D eigenvalue weighted by Crippen LogP contribution is -2.19. The van der Waals surface area contributed by atoms with Gasteiger partial charge in [-0.15, -0.1) is 0 Å². The molecule has 0 saturated carbocycles. The fourth-order valence-corrected chi connectivity index (χ4v) is 3.09. The molecule has 1 aromatic carbocycles. The monoisotopic (exact) mass is 368 g/mol. The fraction of sp³-hybridized carbons (Fsp3) is 0.111. The molecule has 8 heteroatoms. The molecule has 0 amide bonds. The Hall–Kier alpha value is -3.19. The van der Waals surface area contributed by atoms with E-state index in [0.717, 1.165) is 5.56 Å². The van der Waals surface area contributed by atoms with Crippen molar-refractivity contribution in [1.82, 2.24) is 19.2 Å². The summed E-state index contributed by atoms with van der Waals surface area (Å²) >= 11 is 6.17. The highest BCUT2D eigenvalue weighted by Gasteiger charge is 2.17. The average Bonchev–Trinajstić information content (AvgIpc) is 3.08. The van der Waals surface area contributed by atoms with Gasteiger partial charge in [0, 0.05) is 17.4 Å². The van der Waals surface area contributed by atoms with Gasteiger partial charge < -0.3 is 4.74 Å². The lowest BCUT2D eigenvalue weighted by Gasteiger charge is -2.11. The Morgan fingerprint density at radius 1 is 1.23 bits per heavy atom. The zero-order valence-electron chi connectivity index (χ0n) is 13.9. The third-order valence-electron chi connectivity index (χ3n) is 4.30. The molecule has 0 atom stereocenters. The third kappa shape index (κ3) is 2.28. The highest BCUT2D eigenvalue weighted by Crippen LogP contribution is 2.22. The molecule has 7 nitrogen and oxygen atoms in total. The van der Waals surface area contributed by atoms with Gasteiger partial charge in [0.25, 0.3) is 5.56 Å². The van der Waals surface area contributed by atoms with Crippen LogP contribution in [-0.4, -0.2) is 32.2 Å². The molecule has 4 rings (SSSR count). The van der Waals surface area contributed by atoms with Gasteiger partial charge in [-0.05, 0) is 30.7 Å². The van der Waals surface area contributed by atoms with E-state index in [2.05, 4.69) is 10.1 Å². The third-order valence-corrected chi connectivity index (χ3v) is 4.71. The number of rotatable bonds is 2. The molecular weight excluding hydrogens is 356 g/mol. The van der Waals surface area contributed by atoms with Gasteiger partial charge in [0.2, 0.25) is 0 Å². The number of esters is 1. The van der Waals surface area contributed by atoms with Crippen molar-refractivity contribution in [3.63, 3.8) is 0 Å². The number of ether oxygens (including phenoxy) is 1. The molecule has 0 spiro atoms. The molecule has 3 heterocycles. The molecule has 130 valence electrons. The molecule has 26 heavy (non-hydrogen) atoms. The molecule has 4 aromatic rings. The Morgan fingerprint density at radius 2 is 2.04 bits per heavy atom. The van der Waals surface area contributed by atoms with Gasteiger partial charge in [0.05, 0.1) is 29.9 Å². The summed E-state index contributed by atoms with van der Waals surface area (Å²) in [4.78, 5) is 29.0. The number of halogens is 1. The zero-order valence-corrected chi connectivity index (χ0v) is 14.7.